The number of aromatic nitrogens is 1. The molecular weight excluding hydrogens is 341 g/mol. The average molecular weight is 359 g/mol. The molecule has 0 aliphatic carbocycles. The molecule has 0 saturated carbocycles. The summed E-state index contributed by atoms with van der Waals surface area (Å²) in [5.41, 5.74) is -0.265. The quantitative estimate of drug-likeness (QED) is 0.728. The minimum absolute atomic E-state index is 0.238. The van der Waals surface area contributed by atoms with Crippen molar-refractivity contribution >= 4 is 11.3 Å². The highest BCUT2D eigenvalue weighted by atomic mass is 32.1. The zero-order chi connectivity index (χ0) is 17.9. The standard InChI is InChI=1S/C19H18FNO3S/c1-23-16-11-14(20)10-15(18(16)24-2)19(22,17-4-3-9-25-17)12-13-5-7-21-8-6-13/h3-11,22H,12H2,1-2H3. The summed E-state index contributed by atoms with van der Waals surface area (Å²) in [6.07, 6.45) is 3.57. The number of hydrogen-bond donors (Lipinski definition) is 1. The van der Waals surface area contributed by atoms with Crippen LogP contribution in [-0.4, -0.2) is 24.3 Å². The molecule has 0 spiro atoms. The molecule has 1 unspecified atom stereocenters. The van der Waals surface area contributed by atoms with Crippen LogP contribution in [0.1, 0.15) is 16.0 Å². The molecule has 0 radical (unpaired) electrons. The average Bonchev–Trinajstić information content (AvgIpc) is 3.17. The number of nitrogens with zero attached hydrogens (tertiary/aromatic N) is 1. The Bertz CT molecular complexity index is 839. The van der Waals surface area contributed by atoms with Gasteiger partial charge in [0.15, 0.2) is 11.5 Å². The number of halogens is 1. The SMILES string of the molecule is COc1cc(F)cc(C(O)(Cc2ccncc2)c2cccs2)c1OC. The molecule has 2 aromatic heterocycles. The third kappa shape index (κ3) is 3.36. The third-order valence-electron chi connectivity index (χ3n) is 4.03. The maximum Gasteiger partial charge on any atom is 0.167 e. The van der Waals surface area contributed by atoms with E-state index < -0.39 is 11.4 Å². The van der Waals surface area contributed by atoms with Gasteiger partial charge in [-0.1, -0.05) is 6.07 Å². The first-order valence-corrected chi connectivity index (χ1v) is 8.53. The van der Waals surface area contributed by atoms with Gasteiger partial charge in [-0.2, -0.15) is 0 Å². The summed E-state index contributed by atoms with van der Waals surface area (Å²) in [5.74, 6) is 0.0495. The van der Waals surface area contributed by atoms with Gasteiger partial charge in [-0.15, -0.1) is 11.3 Å². The maximum atomic E-state index is 14.2. The van der Waals surface area contributed by atoms with Crippen molar-refractivity contribution in [1.29, 1.82) is 0 Å². The third-order valence-corrected chi connectivity index (χ3v) is 5.05. The summed E-state index contributed by atoms with van der Waals surface area (Å²) in [4.78, 5) is 4.69. The monoisotopic (exact) mass is 359 g/mol. The fourth-order valence-corrected chi connectivity index (χ4v) is 3.70. The minimum atomic E-state index is -1.46. The van der Waals surface area contributed by atoms with Gasteiger partial charge < -0.3 is 14.6 Å². The Morgan fingerprint density at radius 3 is 2.52 bits per heavy atom. The highest BCUT2D eigenvalue weighted by Gasteiger charge is 2.37. The van der Waals surface area contributed by atoms with Crippen LogP contribution < -0.4 is 9.47 Å². The zero-order valence-electron chi connectivity index (χ0n) is 13.9. The van der Waals surface area contributed by atoms with Crippen LogP contribution in [0.4, 0.5) is 4.39 Å². The van der Waals surface area contributed by atoms with Crippen LogP contribution in [0, 0.1) is 5.82 Å². The van der Waals surface area contributed by atoms with Crippen molar-refractivity contribution in [2.24, 2.45) is 0 Å². The van der Waals surface area contributed by atoms with Crippen LogP contribution in [0.25, 0.3) is 0 Å². The molecule has 130 valence electrons. The highest BCUT2D eigenvalue weighted by molar-refractivity contribution is 7.10. The molecule has 0 fully saturated rings. The number of aliphatic hydroxyl groups is 1. The predicted octanol–water partition coefficient (Wildman–Crippen LogP) is 3.78. The first kappa shape index (κ1) is 17.4. The maximum absolute atomic E-state index is 14.2. The smallest absolute Gasteiger partial charge is 0.167 e. The van der Waals surface area contributed by atoms with Crippen LogP contribution >= 0.6 is 11.3 Å². The van der Waals surface area contributed by atoms with Crippen molar-refractivity contribution in [3.63, 3.8) is 0 Å². The Balaban J connectivity index is 2.21. The van der Waals surface area contributed by atoms with Crippen LogP contribution in [0.5, 0.6) is 11.5 Å². The molecule has 0 amide bonds. The molecule has 1 N–H and O–H groups in total. The second-order valence-corrected chi connectivity index (χ2v) is 6.51. The molecule has 6 heteroatoms. The summed E-state index contributed by atoms with van der Waals surface area (Å²) in [5, 5.41) is 13.5. The van der Waals surface area contributed by atoms with E-state index in [1.807, 2.05) is 29.6 Å². The zero-order valence-corrected chi connectivity index (χ0v) is 14.7. The molecule has 0 saturated heterocycles. The molecule has 3 aromatic rings. The van der Waals surface area contributed by atoms with E-state index in [0.717, 1.165) is 5.56 Å². The van der Waals surface area contributed by atoms with Gasteiger partial charge in [0.2, 0.25) is 0 Å². The van der Waals surface area contributed by atoms with Crippen LogP contribution in [0.15, 0.2) is 54.2 Å². The molecule has 3 rings (SSSR count). The van der Waals surface area contributed by atoms with Gasteiger partial charge in [0.25, 0.3) is 0 Å². The van der Waals surface area contributed by atoms with E-state index in [4.69, 9.17) is 9.47 Å². The second-order valence-electron chi connectivity index (χ2n) is 5.56. The Kier molecular flexibility index (Phi) is 5.01. The number of hydrogen-bond acceptors (Lipinski definition) is 5. The summed E-state index contributed by atoms with van der Waals surface area (Å²) in [6, 6.07) is 9.85. The minimum Gasteiger partial charge on any atom is -0.493 e. The van der Waals surface area contributed by atoms with E-state index in [1.54, 1.807) is 12.4 Å². The van der Waals surface area contributed by atoms with Gasteiger partial charge in [-0.25, -0.2) is 4.39 Å². The normalized spacial score (nSPS) is 13.3. The lowest BCUT2D eigenvalue weighted by Gasteiger charge is -2.30. The van der Waals surface area contributed by atoms with Gasteiger partial charge in [-0.05, 0) is 35.2 Å². The molecule has 25 heavy (non-hydrogen) atoms. The van der Waals surface area contributed by atoms with Crippen molar-refractivity contribution in [1.82, 2.24) is 4.98 Å². The van der Waals surface area contributed by atoms with E-state index in [2.05, 4.69) is 4.98 Å². The molecule has 0 aliphatic heterocycles. The number of thiophene rings is 1. The molecule has 1 aromatic carbocycles. The summed E-state index contributed by atoms with van der Waals surface area (Å²) >= 11 is 1.40. The lowest BCUT2D eigenvalue weighted by Crippen LogP contribution is -2.30. The lowest BCUT2D eigenvalue weighted by atomic mass is 9.85. The Hall–Kier alpha value is -2.44. The predicted molar refractivity (Wildman–Crippen MR) is 94.8 cm³/mol. The van der Waals surface area contributed by atoms with Gasteiger partial charge in [0.05, 0.1) is 14.2 Å². The van der Waals surface area contributed by atoms with E-state index >= 15 is 0 Å². The van der Waals surface area contributed by atoms with Gasteiger partial charge in [0.1, 0.15) is 11.4 Å². The van der Waals surface area contributed by atoms with Gasteiger partial charge in [0, 0.05) is 35.3 Å². The lowest BCUT2D eigenvalue weighted by molar-refractivity contribution is 0.0810. The van der Waals surface area contributed by atoms with Crippen molar-refractivity contribution < 1.29 is 19.0 Å². The van der Waals surface area contributed by atoms with E-state index in [-0.39, 0.29) is 12.2 Å². The number of pyridine rings is 1. The van der Waals surface area contributed by atoms with E-state index in [0.29, 0.717) is 16.2 Å². The second kappa shape index (κ2) is 7.21. The van der Waals surface area contributed by atoms with Crippen LogP contribution in [0.2, 0.25) is 0 Å². The first-order chi connectivity index (χ1) is 12.1. The largest absolute Gasteiger partial charge is 0.493 e. The topological polar surface area (TPSA) is 51.6 Å². The van der Waals surface area contributed by atoms with Crippen LogP contribution in [0.3, 0.4) is 0 Å². The number of rotatable bonds is 6. The Labute approximate surface area is 149 Å². The Morgan fingerprint density at radius 1 is 1.16 bits per heavy atom. The van der Waals surface area contributed by atoms with Crippen molar-refractivity contribution in [2.45, 2.75) is 12.0 Å². The molecule has 1 atom stereocenters. The number of ether oxygens (including phenoxy) is 2. The molecule has 0 aliphatic rings. The van der Waals surface area contributed by atoms with Crippen molar-refractivity contribution in [3.8, 4) is 11.5 Å². The fraction of sp³-hybridized carbons (Fsp3) is 0.211. The molecule has 2 heterocycles. The van der Waals surface area contributed by atoms with E-state index in [1.165, 1.54) is 37.7 Å². The summed E-state index contributed by atoms with van der Waals surface area (Å²) < 4.78 is 24.9. The van der Waals surface area contributed by atoms with Gasteiger partial charge >= 0.3 is 0 Å². The molecular formula is C19H18FNO3S. The van der Waals surface area contributed by atoms with Crippen molar-refractivity contribution in [3.05, 3.63) is 76.0 Å². The highest BCUT2D eigenvalue weighted by Crippen LogP contribution is 2.44. The summed E-state index contributed by atoms with van der Waals surface area (Å²) in [6.45, 7) is 0. The first-order valence-electron chi connectivity index (χ1n) is 7.65. The van der Waals surface area contributed by atoms with Crippen LogP contribution in [-0.2, 0) is 12.0 Å². The fourth-order valence-electron chi connectivity index (χ4n) is 2.86. The summed E-state index contributed by atoms with van der Waals surface area (Å²) in [7, 11) is 2.91. The van der Waals surface area contributed by atoms with Crippen molar-refractivity contribution in [2.75, 3.05) is 14.2 Å². The number of methoxy groups -OCH3 is 2. The van der Waals surface area contributed by atoms with E-state index in [9.17, 15) is 9.50 Å². The molecule has 0 bridgehead atoms. The number of benzene rings is 1. The van der Waals surface area contributed by atoms with Gasteiger partial charge in [-0.3, -0.25) is 4.98 Å². The Morgan fingerprint density at radius 2 is 1.92 bits per heavy atom. The molecule has 4 nitrogen and oxygen atoms in total.